The van der Waals surface area contributed by atoms with E-state index in [1.165, 1.54) is 11.3 Å². The molecule has 8 heteroatoms. The van der Waals surface area contributed by atoms with Crippen LogP contribution in [0.25, 0.3) is 11.3 Å². The van der Waals surface area contributed by atoms with Crippen molar-refractivity contribution < 1.29 is 14.6 Å². The molecule has 0 aliphatic heterocycles. The van der Waals surface area contributed by atoms with Crippen LogP contribution in [0.4, 0.5) is 0 Å². The van der Waals surface area contributed by atoms with Gasteiger partial charge in [-0.3, -0.25) is 4.79 Å². The van der Waals surface area contributed by atoms with Crippen LogP contribution in [0.3, 0.4) is 0 Å². The number of aromatic hydroxyl groups is 1. The summed E-state index contributed by atoms with van der Waals surface area (Å²) < 4.78 is 6.88. The SMILES string of the molecule is O=C(NCc1ccc(Oc2ccccc2)cc1)c1nc(-c2cc(Br)c(O)c(Br)c2)cs1. The van der Waals surface area contributed by atoms with Gasteiger partial charge in [0.2, 0.25) is 0 Å². The average molecular weight is 560 g/mol. The van der Waals surface area contributed by atoms with Gasteiger partial charge in [-0.05, 0) is 73.8 Å². The Bertz CT molecular complexity index is 1190. The van der Waals surface area contributed by atoms with Crippen molar-refractivity contribution in [3.63, 3.8) is 0 Å². The van der Waals surface area contributed by atoms with Gasteiger partial charge in [0.15, 0.2) is 5.01 Å². The number of nitrogens with one attached hydrogen (secondary N) is 1. The average Bonchev–Trinajstić information content (AvgIpc) is 3.28. The third-order valence-corrected chi connectivity index (χ3v) is 6.42. The van der Waals surface area contributed by atoms with Crippen LogP contribution in [0.2, 0.25) is 0 Å². The number of aromatic nitrogens is 1. The summed E-state index contributed by atoms with van der Waals surface area (Å²) in [5, 5.41) is 14.9. The first-order chi connectivity index (χ1) is 15.0. The highest BCUT2D eigenvalue weighted by Gasteiger charge is 2.14. The van der Waals surface area contributed by atoms with Crippen molar-refractivity contribution in [1.82, 2.24) is 10.3 Å². The molecule has 0 spiro atoms. The van der Waals surface area contributed by atoms with Crippen LogP contribution in [-0.4, -0.2) is 16.0 Å². The Hall–Kier alpha value is -2.68. The molecule has 0 radical (unpaired) electrons. The number of carbonyl (C=O) groups is 1. The lowest BCUT2D eigenvalue weighted by Crippen LogP contribution is -2.22. The van der Waals surface area contributed by atoms with Crippen molar-refractivity contribution in [1.29, 1.82) is 0 Å². The van der Waals surface area contributed by atoms with Gasteiger partial charge >= 0.3 is 0 Å². The lowest BCUT2D eigenvalue weighted by molar-refractivity contribution is 0.0950. The zero-order valence-corrected chi connectivity index (χ0v) is 20.0. The number of benzene rings is 3. The summed E-state index contributed by atoms with van der Waals surface area (Å²) in [6, 6.07) is 20.7. The minimum absolute atomic E-state index is 0.122. The van der Waals surface area contributed by atoms with Gasteiger partial charge in [-0.15, -0.1) is 11.3 Å². The van der Waals surface area contributed by atoms with Gasteiger partial charge in [0, 0.05) is 17.5 Å². The van der Waals surface area contributed by atoms with Crippen LogP contribution in [0.15, 0.2) is 81.1 Å². The van der Waals surface area contributed by atoms with E-state index in [1.807, 2.05) is 60.0 Å². The molecule has 1 aromatic heterocycles. The molecule has 4 aromatic rings. The number of carbonyl (C=O) groups excluding carboxylic acids is 1. The molecule has 2 N–H and O–H groups in total. The Kier molecular flexibility index (Phi) is 6.70. The first-order valence-corrected chi connectivity index (χ1v) is 11.7. The summed E-state index contributed by atoms with van der Waals surface area (Å²) in [4.78, 5) is 16.9. The van der Waals surface area contributed by atoms with E-state index < -0.39 is 0 Å². The standard InChI is InChI=1S/C23H16Br2N2O3S/c24-18-10-15(11-19(25)21(18)28)20-13-31-23(27-20)22(29)26-12-14-6-8-17(9-7-14)30-16-4-2-1-3-5-16/h1-11,13,28H,12H2,(H,26,29). The largest absolute Gasteiger partial charge is 0.506 e. The van der Waals surface area contributed by atoms with E-state index >= 15 is 0 Å². The fourth-order valence-electron chi connectivity index (χ4n) is 2.78. The van der Waals surface area contributed by atoms with Crippen LogP contribution in [-0.2, 0) is 6.54 Å². The molecule has 0 fully saturated rings. The number of phenols is 1. The number of amides is 1. The second kappa shape index (κ2) is 9.64. The highest BCUT2D eigenvalue weighted by molar-refractivity contribution is 9.11. The molecule has 0 bridgehead atoms. The number of ether oxygens (including phenoxy) is 1. The number of hydrogen-bond acceptors (Lipinski definition) is 5. The van der Waals surface area contributed by atoms with Gasteiger partial charge in [0.25, 0.3) is 5.91 Å². The Morgan fingerprint density at radius 3 is 2.32 bits per heavy atom. The fraction of sp³-hybridized carbons (Fsp3) is 0.0435. The topological polar surface area (TPSA) is 71.5 Å². The summed E-state index contributed by atoms with van der Waals surface area (Å²) in [5.41, 5.74) is 2.41. The number of hydrogen-bond donors (Lipinski definition) is 2. The maximum Gasteiger partial charge on any atom is 0.280 e. The summed E-state index contributed by atoms with van der Waals surface area (Å²) in [7, 11) is 0. The van der Waals surface area contributed by atoms with Crippen molar-refractivity contribution in [2.45, 2.75) is 6.54 Å². The third-order valence-electron chi connectivity index (χ3n) is 4.37. The predicted molar refractivity (Wildman–Crippen MR) is 129 cm³/mol. The van der Waals surface area contributed by atoms with E-state index in [0.717, 1.165) is 22.6 Å². The number of nitrogens with zero attached hydrogens (tertiary/aromatic N) is 1. The van der Waals surface area contributed by atoms with E-state index in [2.05, 4.69) is 42.2 Å². The zero-order valence-electron chi connectivity index (χ0n) is 16.0. The first-order valence-electron chi connectivity index (χ1n) is 9.23. The van der Waals surface area contributed by atoms with Crippen molar-refractivity contribution in [3.8, 4) is 28.5 Å². The van der Waals surface area contributed by atoms with Crippen molar-refractivity contribution in [2.24, 2.45) is 0 Å². The van der Waals surface area contributed by atoms with Crippen molar-refractivity contribution >= 4 is 49.1 Å². The molecule has 0 unspecified atom stereocenters. The van der Waals surface area contributed by atoms with Crippen LogP contribution in [0.1, 0.15) is 15.4 Å². The lowest BCUT2D eigenvalue weighted by atomic mass is 10.2. The second-order valence-electron chi connectivity index (χ2n) is 6.57. The molecule has 0 saturated carbocycles. The molecule has 156 valence electrons. The molecular weight excluding hydrogens is 544 g/mol. The van der Waals surface area contributed by atoms with Crippen LogP contribution in [0.5, 0.6) is 17.2 Å². The van der Waals surface area contributed by atoms with E-state index in [9.17, 15) is 9.90 Å². The minimum atomic E-state index is -0.238. The molecule has 31 heavy (non-hydrogen) atoms. The predicted octanol–water partition coefficient (Wildman–Crippen LogP) is 6.76. The van der Waals surface area contributed by atoms with Gasteiger partial charge in [-0.25, -0.2) is 4.98 Å². The molecule has 5 nitrogen and oxygen atoms in total. The Labute approximate surface area is 200 Å². The second-order valence-corrected chi connectivity index (χ2v) is 9.13. The van der Waals surface area contributed by atoms with E-state index in [4.69, 9.17) is 4.74 Å². The maximum absolute atomic E-state index is 12.5. The highest BCUT2D eigenvalue weighted by Crippen LogP contribution is 2.37. The molecule has 4 rings (SSSR count). The maximum atomic E-state index is 12.5. The number of phenolic OH excluding ortho intramolecular Hbond substituents is 1. The molecule has 0 atom stereocenters. The quantitative estimate of drug-likeness (QED) is 0.274. The Balaban J connectivity index is 1.37. The van der Waals surface area contributed by atoms with E-state index in [1.54, 1.807) is 12.1 Å². The first kappa shape index (κ1) is 21.5. The van der Waals surface area contributed by atoms with E-state index in [0.29, 0.717) is 26.2 Å². The lowest BCUT2D eigenvalue weighted by Gasteiger charge is -2.07. The summed E-state index contributed by atoms with van der Waals surface area (Å²) >= 11 is 7.89. The Morgan fingerprint density at radius 1 is 1.00 bits per heavy atom. The molecule has 0 aliphatic rings. The smallest absolute Gasteiger partial charge is 0.280 e. The summed E-state index contributed by atoms with van der Waals surface area (Å²) in [6.45, 7) is 0.385. The number of thiazole rings is 1. The molecule has 3 aromatic carbocycles. The number of rotatable bonds is 6. The van der Waals surface area contributed by atoms with Crippen molar-refractivity contribution in [3.05, 3.63) is 91.6 Å². The van der Waals surface area contributed by atoms with Gasteiger partial charge < -0.3 is 15.2 Å². The molecule has 0 aliphatic carbocycles. The van der Waals surface area contributed by atoms with Gasteiger partial charge in [0.05, 0.1) is 14.6 Å². The van der Waals surface area contributed by atoms with Crippen LogP contribution >= 0.6 is 43.2 Å². The fourth-order valence-corrected chi connectivity index (χ4v) is 4.71. The monoisotopic (exact) mass is 558 g/mol. The highest BCUT2D eigenvalue weighted by atomic mass is 79.9. The van der Waals surface area contributed by atoms with Gasteiger partial charge in [-0.1, -0.05) is 30.3 Å². The number of halogens is 2. The normalized spacial score (nSPS) is 10.6. The minimum Gasteiger partial charge on any atom is -0.506 e. The van der Waals surface area contributed by atoms with Gasteiger partial charge in [0.1, 0.15) is 17.2 Å². The van der Waals surface area contributed by atoms with Crippen LogP contribution in [0, 0.1) is 0 Å². The number of para-hydroxylation sites is 1. The zero-order chi connectivity index (χ0) is 21.8. The van der Waals surface area contributed by atoms with Gasteiger partial charge in [-0.2, -0.15) is 0 Å². The Morgan fingerprint density at radius 2 is 1.65 bits per heavy atom. The summed E-state index contributed by atoms with van der Waals surface area (Å²) in [6.07, 6.45) is 0. The molecular formula is C23H16Br2N2O3S. The molecule has 1 amide bonds. The van der Waals surface area contributed by atoms with Crippen LogP contribution < -0.4 is 10.1 Å². The summed E-state index contributed by atoms with van der Waals surface area (Å²) in [5.74, 6) is 1.39. The molecule has 1 heterocycles. The molecule has 0 saturated heterocycles. The van der Waals surface area contributed by atoms with Crippen molar-refractivity contribution in [2.75, 3.05) is 0 Å². The van der Waals surface area contributed by atoms with E-state index in [-0.39, 0.29) is 11.7 Å². The third kappa shape index (κ3) is 5.33.